The number of hydrogen-bond acceptors (Lipinski definition) is 3. The van der Waals surface area contributed by atoms with Crippen molar-refractivity contribution in [3.05, 3.63) is 106 Å². The number of thioether (sulfide) groups is 1. The molecule has 0 aliphatic carbocycles. The van der Waals surface area contributed by atoms with E-state index in [0.29, 0.717) is 31.2 Å². The van der Waals surface area contributed by atoms with E-state index in [9.17, 15) is 9.59 Å². The van der Waals surface area contributed by atoms with Crippen LogP contribution in [0.5, 0.6) is 0 Å². The van der Waals surface area contributed by atoms with Gasteiger partial charge in [0.2, 0.25) is 11.8 Å². The van der Waals surface area contributed by atoms with E-state index in [4.69, 9.17) is 0 Å². The summed E-state index contributed by atoms with van der Waals surface area (Å²) < 4.78 is 0. The monoisotopic (exact) mass is 516 g/mol. The van der Waals surface area contributed by atoms with E-state index < -0.39 is 6.04 Å². The van der Waals surface area contributed by atoms with Crippen molar-refractivity contribution in [1.82, 2.24) is 10.2 Å². The first-order chi connectivity index (χ1) is 17.7. The van der Waals surface area contributed by atoms with Crippen LogP contribution in [0.4, 0.5) is 0 Å². The molecule has 0 aliphatic heterocycles. The standard InChI is InChI=1S/C32H40N2O2S/c1-23(2)19-33-32(36)30(18-27-11-7-6-8-12-27)34(20-28-13-9-10-24(3)15-28)31(35)22-37-21-29-16-25(4)14-26(5)17-29/h6-17,23,30H,18-22H2,1-5H3,(H,33,36)/t30-/m0/s1. The lowest BCUT2D eigenvalue weighted by atomic mass is 10.0. The number of benzene rings is 3. The van der Waals surface area contributed by atoms with Gasteiger partial charge in [0.1, 0.15) is 6.04 Å². The second kappa shape index (κ2) is 14.0. The average molecular weight is 517 g/mol. The summed E-state index contributed by atoms with van der Waals surface area (Å²) in [4.78, 5) is 29.1. The third kappa shape index (κ3) is 9.40. The lowest BCUT2D eigenvalue weighted by Gasteiger charge is -2.32. The van der Waals surface area contributed by atoms with Crippen LogP contribution in [0.15, 0.2) is 72.8 Å². The zero-order valence-electron chi connectivity index (χ0n) is 22.8. The summed E-state index contributed by atoms with van der Waals surface area (Å²) in [5.74, 6) is 1.29. The Morgan fingerprint density at radius 1 is 0.811 bits per heavy atom. The minimum atomic E-state index is -0.587. The minimum absolute atomic E-state index is 0.0171. The van der Waals surface area contributed by atoms with E-state index >= 15 is 0 Å². The van der Waals surface area contributed by atoms with Crippen LogP contribution < -0.4 is 5.32 Å². The second-order valence-corrected chi connectivity index (χ2v) is 11.3. The molecule has 0 aliphatic rings. The van der Waals surface area contributed by atoms with Crippen molar-refractivity contribution in [2.24, 2.45) is 5.92 Å². The van der Waals surface area contributed by atoms with Gasteiger partial charge in [0.25, 0.3) is 0 Å². The smallest absolute Gasteiger partial charge is 0.243 e. The van der Waals surface area contributed by atoms with E-state index in [1.54, 1.807) is 16.7 Å². The maximum atomic E-state index is 13.8. The zero-order valence-corrected chi connectivity index (χ0v) is 23.6. The van der Waals surface area contributed by atoms with Crippen molar-refractivity contribution in [2.75, 3.05) is 12.3 Å². The van der Waals surface area contributed by atoms with Gasteiger partial charge in [0.15, 0.2) is 0 Å². The molecule has 3 aromatic rings. The van der Waals surface area contributed by atoms with Crippen molar-refractivity contribution in [2.45, 2.75) is 59.4 Å². The highest BCUT2D eigenvalue weighted by Gasteiger charge is 2.30. The van der Waals surface area contributed by atoms with Gasteiger partial charge in [-0.15, -0.1) is 11.8 Å². The molecule has 0 saturated carbocycles. The minimum Gasteiger partial charge on any atom is -0.354 e. The fraction of sp³-hybridized carbons (Fsp3) is 0.375. The molecule has 0 saturated heterocycles. The molecule has 0 heterocycles. The molecular formula is C32H40N2O2S. The first kappa shape index (κ1) is 28.5. The molecular weight excluding hydrogens is 476 g/mol. The third-order valence-electron chi connectivity index (χ3n) is 6.17. The van der Waals surface area contributed by atoms with Crippen LogP contribution >= 0.6 is 11.8 Å². The number of nitrogens with zero attached hydrogens (tertiary/aromatic N) is 1. The Morgan fingerprint density at radius 3 is 2.11 bits per heavy atom. The first-order valence-corrected chi connectivity index (χ1v) is 14.2. The van der Waals surface area contributed by atoms with Crippen LogP contribution in [0.25, 0.3) is 0 Å². The predicted molar refractivity (Wildman–Crippen MR) is 156 cm³/mol. The van der Waals surface area contributed by atoms with Crippen LogP contribution in [0.2, 0.25) is 0 Å². The van der Waals surface area contributed by atoms with Crippen LogP contribution in [0.3, 0.4) is 0 Å². The van der Waals surface area contributed by atoms with Crippen molar-refractivity contribution >= 4 is 23.6 Å². The molecule has 0 radical (unpaired) electrons. The maximum absolute atomic E-state index is 13.8. The highest BCUT2D eigenvalue weighted by molar-refractivity contribution is 7.99. The topological polar surface area (TPSA) is 49.4 Å². The number of amides is 2. The SMILES string of the molecule is Cc1cc(C)cc(CSCC(=O)N(Cc2cccc(C)c2)[C@@H](Cc2ccccc2)C(=O)NCC(C)C)c1. The zero-order chi connectivity index (χ0) is 26.8. The van der Waals surface area contributed by atoms with E-state index in [-0.39, 0.29) is 11.8 Å². The van der Waals surface area contributed by atoms with Gasteiger partial charge in [0, 0.05) is 25.3 Å². The second-order valence-electron chi connectivity index (χ2n) is 10.3. The maximum Gasteiger partial charge on any atom is 0.243 e. The molecule has 3 aromatic carbocycles. The van der Waals surface area contributed by atoms with Gasteiger partial charge in [-0.2, -0.15) is 0 Å². The molecule has 196 valence electrons. The van der Waals surface area contributed by atoms with Crippen LogP contribution in [-0.4, -0.2) is 35.1 Å². The highest BCUT2D eigenvalue weighted by atomic mass is 32.2. The van der Waals surface area contributed by atoms with Gasteiger partial charge in [-0.1, -0.05) is 103 Å². The number of carbonyl (C=O) groups is 2. The molecule has 0 aromatic heterocycles. The molecule has 1 N–H and O–H groups in total. The number of nitrogens with one attached hydrogen (secondary N) is 1. The molecule has 0 spiro atoms. The van der Waals surface area contributed by atoms with Gasteiger partial charge in [-0.25, -0.2) is 0 Å². The van der Waals surface area contributed by atoms with E-state index in [1.165, 1.54) is 16.7 Å². The Morgan fingerprint density at radius 2 is 1.46 bits per heavy atom. The molecule has 37 heavy (non-hydrogen) atoms. The molecule has 5 heteroatoms. The number of hydrogen-bond donors (Lipinski definition) is 1. The Hall–Kier alpha value is -3.05. The fourth-order valence-electron chi connectivity index (χ4n) is 4.48. The number of aryl methyl sites for hydroxylation is 3. The van der Waals surface area contributed by atoms with Gasteiger partial charge in [-0.3, -0.25) is 9.59 Å². The first-order valence-electron chi connectivity index (χ1n) is 13.0. The summed E-state index contributed by atoms with van der Waals surface area (Å²) >= 11 is 1.60. The summed E-state index contributed by atoms with van der Waals surface area (Å²) in [7, 11) is 0. The number of rotatable bonds is 12. The number of carbonyl (C=O) groups excluding carboxylic acids is 2. The molecule has 2 amide bonds. The van der Waals surface area contributed by atoms with Crippen LogP contribution in [0.1, 0.15) is 47.2 Å². The van der Waals surface area contributed by atoms with Crippen LogP contribution in [0, 0.1) is 26.7 Å². The molecule has 0 unspecified atom stereocenters. The van der Waals surface area contributed by atoms with Gasteiger partial charge < -0.3 is 10.2 Å². The molecule has 0 bridgehead atoms. The predicted octanol–water partition coefficient (Wildman–Crippen LogP) is 6.26. The average Bonchev–Trinajstić information content (AvgIpc) is 2.84. The summed E-state index contributed by atoms with van der Waals surface area (Å²) in [5, 5.41) is 3.09. The Labute approximate surface area is 226 Å². The van der Waals surface area contributed by atoms with Gasteiger partial charge >= 0.3 is 0 Å². The van der Waals surface area contributed by atoms with Crippen molar-refractivity contribution in [3.8, 4) is 0 Å². The largest absolute Gasteiger partial charge is 0.354 e. The van der Waals surface area contributed by atoms with Gasteiger partial charge in [0.05, 0.1) is 5.75 Å². The molecule has 4 nitrogen and oxygen atoms in total. The van der Waals surface area contributed by atoms with Gasteiger partial charge in [-0.05, 0) is 43.4 Å². The van der Waals surface area contributed by atoms with Crippen molar-refractivity contribution < 1.29 is 9.59 Å². The lowest BCUT2D eigenvalue weighted by molar-refractivity contribution is -0.139. The molecule has 3 rings (SSSR count). The Balaban J connectivity index is 1.85. The van der Waals surface area contributed by atoms with E-state index in [0.717, 1.165) is 22.4 Å². The highest BCUT2D eigenvalue weighted by Crippen LogP contribution is 2.20. The van der Waals surface area contributed by atoms with E-state index in [1.807, 2.05) is 55.5 Å². The Bertz CT molecular complexity index is 1160. The molecule has 1 atom stereocenters. The summed E-state index contributed by atoms with van der Waals surface area (Å²) in [6.45, 7) is 11.4. The van der Waals surface area contributed by atoms with Crippen molar-refractivity contribution in [3.63, 3.8) is 0 Å². The summed E-state index contributed by atoms with van der Waals surface area (Å²) in [6.07, 6.45) is 0.476. The quantitative estimate of drug-likeness (QED) is 0.309. The summed E-state index contributed by atoms with van der Waals surface area (Å²) in [5.41, 5.74) is 6.88. The normalized spacial score (nSPS) is 11.8. The van der Waals surface area contributed by atoms with Crippen LogP contribution in [-0.2, 0) is 28.3 Å². The fourth-order valence-corrected chi connectivity index (χ4v) is 5.32. The lowest BCUT2D eigenvalue weighted by Crippen LogP contribution is -2.51. The van der Waals surface area contributed by atoms with Crippen molar-refractivity contribution in [1.29, 1.82) is 0 Å². The summed E-state index contributed by atoms with van der Waals surface area (Å²) in [6, 6.07) is 24.1. The van der Waals surface area contributed by atoms with E-state index in [2.05, 4.69) is 57.3 Å². The third-order valence-corrected chi connectivity index (χ3v) is 7.16. The molecule has 0 fully saturated rings. The Kier molecular flexibility index (Phi) is 10.8.